The minimum Gasteiger partial charge on any atom is -0.309 e. The van der Waals surface area contributed by atoms with Gasteiger partial charge < -0.3 is 4.57 Å². The number of hydrogen-bond donors (Lipinski definition) is 0. The highest BCUT2D eigenvalue weighted by Gasteiger charge is 2.16. The van der Waals surface area contributed by atoms with Crippen molar-refractivity contribution in [3.8, 4) is 16.8 Å². The summed E-state index contributed by atoms with van der Waals surface area (Å²) in [6.07, 6.45) is 0. The van der Waals surface area contributed by atoms with Gasteiger partial charge in [0.1, 0.15) is 0 Å². The van der Waals surface area contributed by atoms with Crippen molar-refractivity contribution in [2.75, 3.05) is 0 Å². The summed E-state index contributed by atoms with van der Waals surface area (Å²) in [4.78, 5) is 0. The SMILES string of the molecule is Cc1cccc(-c2cccc3c2c2ccccc2n3-c2ccccc2)c1C. The average Bonchev–Trinajstić information content (AvgIpc) is 3.05. The van der Waals surface area contributed by atoms with E-state index in [4.69, 9.17) is 0 Å². The van der Waals surface area contributed by atoms with Gasteiger partial charge in [0.15, 0.2) is 0 Å². The number of fused-ring (bicyclic) bond motifs is 3. The Morgan fingerprint density at radius 1 is 0.556 bits per heavy atom. The van der Waals surface area contributed by atoms with Crippen molar-refractivity contribution in [3.05, 3.63) is 102 Å². The van der Waals surface area contributed by atoms with Crippen LogP contribution in [0.4, 0.5) is 0 Å². The average molecular weight is 347 g/mol. The maximum absolute atomic E-state index is 2.37. The third kappa shape index (κ3) is 2.39. The van der Waals surface area contributed by atoms with Crippen molar-refractivity contribution in [2.24, 2.45) is 0 Å². The Balaban J connectivity index is 1.96. The predicted octanol–water partition coefficient (Wildman–Crippen LogP) is 7.07. The molecule has 0 aliphatic rings. The van der Waals surface area contributed by atoms with Crippen LogP contribution in [-0.2, 0) is 0 Å². The highest BCUT2D eigenvalue weighted by molar-refractivity contribution is 6.15. The number of aromatic nitrogens is 1. The molecule has 1 heterocycles. The fraction of sp³-hybridized carbons (Fsp3) is 0.0769. The molecule has 0 spiro atoms. The van der Waals surface area contributed by atoms with Crippen LogP contribution >= 0.6 is 0 Å². The van der Waals surface area contributed by atoms with Crippen molar-refractivity contribution in [1.82, 2.24) is 4.57 Å². The molecule has 0 saturated carbocycles. The first kappa shape index (κ1) is 15.9. The monoisotopic (exact) mass is 347 g/mol. The standard InChI is InChI=1S/C26H21N/c1-18-10-8-14-21(19(18)2)22-15-9-17-25-26(22)23-13-6-7-16-24(23)27(25)20-11-4-3-5-12-20/h3-17H,1-2H3. The van der Waals surface area contributed by atoms with Crippen molar-refractivity contribution in [1.29, 1.82) is 0 Å². The highest BCUT2D eigenvalue weighted by atomic mass is 15.0. The molecular formula is C26H21N. The molecule has 0 amide bonds. The van der Waals surface area contributed by atoms with Gasteiger partial charge in [-0.05, 0) is 60.4 Å². The van der Waals surface area contributed by atoms with Crippen LogP contribution in [0.25, 0.3) is 38.6 Å². The van der Waals surface area contributed by atoms with Gasteiger partial charge in [0.25, 0.3) is 0 Å². The Morgan fingerprint density at radius 3 is 2.07 bits per heavy atom. The summed E-state index contributed by atoms with van der Waals surface area (Å²) in [7, 11) is 0. The Kier molecular flexibility index (Phi) is 3.61. The number of benzene rings is 4. The Bertz CT molecular complexity index is 1280. The summed E-state index contributed by atoms with van der Waals surface area (Å²) in [5, 5.41) is 2.62. The van der Waals surface area contributed by atoms with Crippen LogP contribution in [0.3, 0.4) is 0 Å². The minimum atomic E-state index is 1.20. The predicted molar refractivity (Wildman–Crippen MR) is 116 cm³/mol. The highest BCUT2D eigenvalue weighted by Crippen LogP contribution is 2.39. The fourth-order valence-corrected chi connectivity index (χ4v) is 4.14. The molecule has 0 aliphatic heterocycles. The van der Waals surface area contributed by atoms with Crippen molar-refractivity contribution >= 4 is 21.8 Å². The first-order valence-electron chi connectivity index (χ1n) is 9.40. The molecule has 130 valence electrons. The number of hydrogen-bond acceptors (Lipinski definition) is 0. The van der Waals surface area contributed by atoms with E-state index in [0.29, 0.717) is 0 Å². The van der Waals surface area contributed by atoms with Crippen LogP contribution in [0, 0.1) is 13.8 Å². The lowest BCUT2D eigenvalue weighted by Crippen LogP contribution is -1.93. The molecule has 0 aliphatic carbocycles. The molecule has 0 fully saturated rings. The summed E-state index contributed by atoms with van der Waals surface area (Å²) in [6.45, 7) is 4.41. The summed E-state index contributed by atoms with van der Waals surface area (Å²) >= 11 is 0. The van der Waals surface area contributed by atoms with E-state index in [2.05, 4.69) is 109 Å². The second kappa shape index (κ2) is 6.14. The molecule has 5 rings (SSSR count). The smallest absolute Gasteiger partial charge is 0.0547 e. The largest absolute Gasteiger partial charge is 0.309 e. The van der Waals surface area contributed by atoms with Gasteiger partial charge in [-0.25, -0.2) is 0 Å². The number of rotatable bonds is 2. The van der Waals surface area contributed by atoms with E-state index in [9.17, 15) is 0 Å². The molecule has 4 aromatic carbocycles. The van der Waals surface area contributed by atoms with E-state index in [0.717, 1.165) is 0 Å². The van der Waals surface area contributed by atoms with Crippen LogP contribution in [0.1, 0.15) is 11.1 Å². The van der Waals surface area contributed by atoms with E-state index >= 15 is 0 Å². The molecule has 0 unspecified atom stereocenters. The van der Waals surface area contributed by atoms with Crippen LogP contribution in [-0.4, -0.2) is 4.57 Å². The lowest BCUT2D eigenvalue weighted by Gasteiger charge is -2.11. The van der Waals surface area contributed by atoms with E-state index in [-0.39, 0.29) is 0 Å². The van der Waals surface area contributed by atoms with Gasteiger partial charge in [0.05, 0.1) is 11.0 Å². The molecule has 1 nitrogen and oxygen atoms in total. The molecule has 5 aromatic rings. The zero-order valence-corrected chi connectivity index (χ0v) is 15.6. The van der Waals surface area contributed by atoms with Crippen LogP contribution in [0.5, 0.6) is 0 Å². The number of para-hydroxylation sites is 2. The molecule has 27 heavy (non-hydrogen) atoms. The van der Waals surface area contributed by atoms with Crippen molar-refractivity contribution in [2.45, 2.75) is 13.8 Å². The van der Waals surface area contributed by atoms with Gasteiger partial charge in [-0.1, -0.05) is 66.7 Å². The summed E-state index contributed by atoms with van der Waals surface area (Å²) in [5.41, 5.74) is 8.99. The van der Waals surface area contributed by atoms with Crippen LogP contribution < -0.4 is 0 Å². The molecule has 0 bridgehead atoms. The van der Waals surface area contributed by atoms with Gasteiger partial charge in [0.2, 0.25) is 0 Å². The number of nitrogens with zero attached hydrogens (tertiary/aromatic N) is 1. The topological polar surface area (TPSA) is 4.93 Å². The third-order valence-corrected chi connectivity index (χ3v) is 5.61. The first-order chi connectivity index (χ1) is 13.3. The van der Waals surface area contributed by atoms with Gasteiger partial charge in [0, 0.05) is 16.5 Å². The normalized spacial score (nSPS) is 11.3. The lowest BCUT2D eigenvalue weighted by atomic mass is 9.94. The molecule has 0 N–H and O–H groups in total. The Labute approximate surface area is 159 Å². The zero-order valence-electron chi connectivity index (χ0n) is 15.6. The minimum absolute atomic E-state index is 1.20. The van der Waals surface area contributed by atoms with Gasteiger partial charge >= 0.3 is 0 Å². The van der Waals surface area contributed by atoms with Crippen LogP contribution in [0.2, 0.25) is 0 Å². The van der Waals surface area contributed by atoms with Gasteiger partial charge in [-0.3, -0.25) is 0 Å². The quantitative estimate of drug-likeness (QED) is 0.322. The van der Waals surface area contributed by atoms with Crippen molar-refractivity contribution in [3.63, 3.8) is 0 Å². The lowest BCUT2D eigenvalue weighted by molar-refractivity contribution is 1.18. The van der Waals surface area contributed by atoms with Gasteiger partial charge in [-0.2, -0.15) is 0 Å². The number of aryl methyl sites for hydroxylation is 1. The molecule has 0 radical (unpaired) electrons. The Morgan fingerprint density at radius 2 is 1.22 bits per heavy atom. The zero-order chi connectivity index (χ0) is 18.4. The third-order valence-electron chi connectivity index (χ3n) is 5.61. The Hall–Kier alpha value is -3.32. The summed E-state index contributed by atoms with van der Waals surface area (Å²) in [5.74, 6) is 0. The molecule has 0 saturated heterocycles. The fourth-order valence-electron chi connectivity index (χ4n) is 4.14. The van der Waals surface area contributed by atoms with E-state index in [1.807, 2.05) is 0 Å². The second-order valence-electron chi connectivity index (χ2n) is 7.14. The van der Waals surface area contributed by atoms with Gasteiger partial charge in [-0.15, -0.1) is 0 Å². The molecule has 1 aromatic heterocycles. The summed E-state index contributed by atoms with van der Waals surface area (Å²) < 4.78 is 2.37. The second-order valence-corrected chi connectivity index (χ2v) is 7.14. The maximum Gasteiger partial charge on any atom is 0.0547 e. The van der Waals surface area contributed by atoms with Crippen molar-refractivity contribution < 1.29 is 0 Å². The van der Waals surface area contributed by atoms with E-state index < -0.39 is 0 Å². The van der Waals surface area contributed by atoms with E-state index in [1.54, 1.807) is 0 Å². The molecule has 1 heteroatoms. The van der Waals surface area contributed by atoms with Crippen LogP contribution in [0.15, 0.2) is 91.0 Å². The summed E-state index contributed by atoms with van der Waals surface area (Å²) in [6, 6.07) is 32.6. The molecule has 0 atom stereocenters. The van der Waals surface area contributed by atoms with E-state index in [1.165, 1.54) is 49.7 Å². The first-order valence-corrected chi connectivity index (χ1v) is 9.40. The molecular weight excluding hydrogens is 326 g/mol. The maximum atomic E-state index is 2.37.